The number of nitrogens with zero attached hydrogens (tertiary/aromatic N) is 1. The van der Waals surface area contributed by atoms with Crippen LogP contribution in [0.3, 0.4) is 0 Å². The van der Waals surface area contributed by atoms with E-state index < -0.39 is 30.2 Å². The highest BCUT2D eigenvalue weighted by atomic mass is 19.4. The molecule has 1 saturated heterocycles. The summed E-state index contributed by atoms with van der Waals surface area (Å²) in [6, 6.07) is 9.78. The molecule has 1 N–H and O–H groups in total. The van der Waals surface area contributed by atoms with E-state index in [0.29, 0.717) is 24.4 Å². The van der Waals surface area contributed by atoms with Gasteiger partial charge in [0, 0.05) is 5.69 Å². The summed E-state index contributed by atoms with van der Waals surface area (Å²) < 4.78 is 43.3. The minimum absolute atomic E-state index is 0.0832. The number of rotatable bonds is 5. The van der Waals surface area contributed by atoms with Crippen LogP contribution >= 0.6 is 0 Å². The molecule has 1 saturated carbocycles. The van der Waals surface area contributed by atoms with Gasteiger partial charge in [0.1, 0.15) is 0 Å². The van der Waals surface area contributed by atoms with Crippen LogP contribution in [0.4, 0.5) is 24.5 Å². The molecule has 1 aliphatic heterocycles. The van der Waals surface area contributed by atoms with Crippen LogP contribution in [0.2, 0.25) is 0 Å². The number of halogens is 3. The van der Waals surface area contributed by atoms with Crippen molar-refractivity contribution in [2.75, 3.05) is 16.8 Å². The van der Waals surface area contributed by atoms with Gasteiger partial charge in [-0.25, -0.2) is 4.79 Å². The fraction of sp³-hybridized carbons (Fsp3) is 0.360. The molecule has 0 unspecified atom stereocenters. The van der Waals surface area contributed by atoms with E-state index in [-0.39, 0.29) is 34.9 Å². The van der Waals surface area contributed by atoms with Crippen LogP contribution in [0.15, 0.2) is 48.5 Å². The molecule has 10 heteroatoms. The van der Waals surface area contributed by atoms with Crippen LogP contribution in [0.5, 0.6) is 0 Å². The maximum absolute atomic E-state index is 12.8. The second-order valence-electron chi connectivity index (χ2n) is 8.89. The number of alkyl halides is 3. The molecule has 0 bridgehead atoms. The monoisotopic (exact) mass is 488 g/mol. The number of fused-ring (bicyclic) bond motifs is 1. The van der Waals surface area contributed by atoms with Crippen molar-refractivity contribution in [2.45, 2.75) is 32.4 Å². The van der Waals surface area contributed by atoms with Crippen molar-refractivity contribution >= 4 is 35.1 Å². The molecule has 7 nitrogen and oxygen atoms in total. The highest BCUT2D eigenvalue weighted by Crippen LogP contribution is 2.42. The molecule has 0 spiro atoms. The summed E-state index contributed by atoms with van der Waals surface area (Å²) in [5.41, 5.74) is -0.553. The first-order valence-corrected chi connectivity index (χ1v) is 11.2. The predicted molar refractivity (Wildman–Crippen MR) is 119 cm³/mol. The number of ether oxygens (including phenoxy) is 1. The third-order valence-corrected chi connectivity index (χ3v) is 6.36. The topological polar surface area (TPSA) is 92.8 Å². The SMILES string of the molecule is C[C@@H]1CC[C@@H]2C(=O)N(c3ccc(C(=O)OCC(=O)Nc4cccc(C(F)(F)F)c4)cc3)C(=O)[C@@H]2C1. The van der Waals surface area contributed by atoms with E-state index in [1.807, 2.05) is 0 Å². The first-order chi connectivity index (χ1) is 16.5. The average Bonchev–Trinajstić information content (AvgIpc) is 3.06. The van der Waals surface area contributed by atoms with Crippen molar-refractivity contribution in [3.63, 3.8) is 0 Å². The number of nitrogens with one attached hydrogen (secondary N) is 1. The van der Waals surface area contributed by atoms with Crippen molar-refractivity contribution in [1.82, 2.24) is 0 Å². The number of hydrogen-bond acceptors (Lipinski definition) is 5. The molecule has 2 aliphatic rings. The van der Waals surface area contributed by atoms with Gasteiger partial charge in [-0.2, -0.15) is 13.2 Å². The summed E-state index contributed by atoms with van der Waals surface area (Å²) in [5, 5.41) is 2.25. The van der Waals surface area contributed by atoms with Crippen molar-refractivity contribution in [3.8, 4) is 0 Å². The highest BCUT2D eigenvalue weighted by Gasteiger charge is 2.49. The molecular formula is C25H23F3N2O5. The Morgan fingerprint density at radius 2 is 1.71 bits per heavy atom. The van der Waals surface area contributed by atoms with E-state index in [1.54, 1.807) is 0 Å². The van der Waals surface area contributed by atoms with Crippen molar-refractivity contribution in [2.24, 2.45) is 17.8 Å². The van der Waals surface area contributed by atoms with E-state index in [2.05, 4.69) is 12.2 Å². The van der Waals surface area contributed by atoms with Gasteiger partial charge in [0.25, 0.3) is 5.91 Å². The molecule has 1 heterocycles. The summed E-state index contributed by atoms with van der Waals surface area (Å²) in [6.07, 6.45) is -2.29. The van der Waals surface area contributed by atoms with Gasteiger partial charge in [0.15, 0.2) is 6.61 Å². The largest absolute Gasteiger partial charge is 0.452 e. The van der Waals surface area contributed by atoms with Gasteiger partial charge in [-0.1, -0.05) is 13.0 Å². The number of imide groups is 1. The Hall–Kier alpha value is -3.69. The van der Waals surface area contributed by atoms with Gasteiger partial charge >= 0.3 is 12.1 Å². The Balaban J connectivity index is 1.34. The highest BCUT2D eigenvalue weighted by molar-refractivity contribution is 6.22. The van der Waals surface area contributed by atoms with Gasteiger partial charge in [0.2, 0.25) is 11.8 Å². The number of esters is 1. The zero-order valence-electron chi connectivity index (χ0n) is 18.8. The predicted octanol–water partition coefficient (Wildman–Crippen LogP) is 4.43. The van der Waals surface area contributed by atoms with Crippen LogP contribution < -0.4 is 10.2 Å². The fourth-order valence-corrected chi connectivity index (χ4v) is 4.58. The summed E-state index contributed by atoms with van der Waals surface area (Å²) in [7, 11) is 0. The third kappa shape index (κ3) is 5.21. The lowest BCUT2D eigenvalue weighted by molar-refractivity contribution is -0.137. The van der Waals surface area contributed by atoms with Crippen molar-refractivity contribution in [3.05, 3.63) is 59.7 Å². The van der Waals surface area contributed by atoms with Gasteiger partial charge in [-0.05, 0) is 67.6 Å². The number of anilines is 2. The van der Waals surface area contributed by atoms with Gasteiger partial charge in [0.05, 0.1) is 28.7 Å². The summed E-state index contributed by atoms with van der Waals surface area (Å²) in [6.45, 7) is 1.36. The van der Waals surface area contributed by atoms with Crippen molar-refractivity contribution < 1.29 is 37.1 Å². The Labute approximate surface area is 199 Å². The lowest BCUT2D eigenvalue weighted by Crippen LogP contribution is -2.30. The number of benzene rings is 2. The maximum Gasteiger partial charge on any atom is 0.416 e. The molecule has 3 amide bonds. The minimum atomic E-state index is -4.56. The minimum Gasteiger partial charge on any atom is -0.452 e. The van der Waals surface area contributed by atoms with Gasteiger partial charge in [-0.3, -0.25) is 19.3 Å². The number of amides is 3. The summed E-state index contributed by atoms with van der Waals surface area (Å²) >= 11 is 0. The van der Waals surface area contributed by atoms with E-state index in [0.717, 1.165) is 24.6 Å². The quantitative estimate of drug-likeness (QED) is 0.497. The van der Waals surface area contributed by atoms with Crippen LogP contribution in [0.1, 0.15) is 42.1 Å². The second kappa shape index (κ2) is 9.52. The standard InChI is InChI=1S/C25H23F3N2O5/c1-14-5-10-19-20(11-14)23(33)30(22(19)32)18-8-6-15(7-9-18)24(34)35-13-21(31)29-17-4-2-3-16(12-17)25(26,27)28/h2-4,6-9,12,14,19-20H,5,10-11,13H2,1H3,(H,29,31)/t14-,19+,20-/m1/s1. The summed E-state index contributed by atoms with van der Waals surface area (Å²) in [4.78, 5) is 51.1. The molecule has 2 aromatic carbocycles. The smallest absolute Gasteiger partial charge is 0.416 e. The van der Waals surface area contributed by atoms with E-state index in [9.17, 15) is 32.3 Å². The van der Waals surface area contributed by atoms with Crippen LogP contribution in [0, 0.1) is 17.8 Å². The molecular weight excluding hydrogens is 465 g/mol. The Bertz CT molecular complexity index is 1160. The zero-order chi connectivity index (χ0) is 25.3. The van der Waals surface area contributed by atoms with Crippen LogP contribution in [0.25, 0.3) is 0 Å². The number of carbonyl (C=O) groups excluding carboxylic acids is 4. The zero-order valence-corrected chi connectivity index (χ0v) is 18.8. The molecule has 2 aromatic rings. The fourth-order valence-electron chi connectivity index (χ4n) is 4.58. The van der Waals surface area contributed by atoms with Crippen molar-refractivity contribution in [1.29, 1.82) is 0 Å². The number of carbonyl (C=O) groups is 4. The van der Waals surface area contributed by atoms with Crippen LogP contribution in [-0.2, 0) is 25.3 Å². The maximum atomic E-state index is 12.8. The molecule has 0 radical (unpaired) electrons. The molecule has 4 rings (SSSR count). The van der Waals surface area contributed by atoms with Gasteiger partial charge < -0.3 is 10.1 Å². The average molecular weight is 488 g/mol. The Kier molecular flexibility index (Phi) is 6.64. The first kappa shape index (κ1) is 24.4. The number of hydrogen-bond donors (Lipinski definition) is 1. The lowest BCUT2D eigenvalue weighted by atomic mass is 9.76. The molecule has 35 heavy (non-hydrogen) atoms. The van der Waals surface area contributed by atoms with Gasteiger partial charge in [-0.15, -0.1) is 0 Å². The third-order valence-electron chi connectivity index (χ3n) is 6.36. The Morgan fingerprint density at radius 3 is 2.40 bits per heavy atom. The van der Waals surface area contributed by atoms with E-state index in [4.69, 9.17) is 4.74 Å². The first-order valence-electron chi connectivity index (χ1n) is 11.2. The molecule has 184 valence electrons. The molecule has 0 aromatic heterocycles. The Morgan fingerprint density at radius 1 is 1.03 bits per heavy atom. The normalized spacial score (nSPS) is 22.1. The van der Waals surface area contributed by atoms with E-state index >= 15 is 0 Å². The second-order valence-corrected chi connectivity index (χ2v) is 8.89. The summed E-state index contributed by atoms with van der Waals surface area (Å²) in [5.74, 6) is -2.33. The lowest BCUT2D eigenvalue weighted by Gasteiger charge is -2.25. The van der Waals surface area contributed by atoms with Crippen LogP contribution in [-0.4, -0.2) is 30.3 Å². The molecule has 2 fully saturated rings. The molecule has 1 aliphatic carbocycles. The molecule has 3 atom stereocenters. The van der Waals surface area contributed by atoms with E-state index in [1.165, 1.54) is 35.2 Å².